The third-order valence-corrected chi connectivity index (χ3v) is 0.786. The predicted octanol–water partition coefficient (Wildman–Crippen LogP) is 1.36. The maximum atomic E-state index is 6.77. The van der Waals surface area contributed by atoms with Crippen molar-refractivity contribution in [1.29, 1.82) is 5.41 Å². The van der Waals surface area contributed by atoms with Crippen LogP contribution in [-0.2, 0) is 0 Å². The molecule has 2 heteroatoms. The molecule has 1 atom stereocenters. The molecule has 0 radical (unpaired) electrons. The lowest BCUT2D eigenvalue weighted by atomic mass is 10.2. The minimum Gasteiger partial charge on any atom is -0.312 e. The van der Waals surface area contributed by atoms with Gasteiger partial charge in [-0.15, -0.1) is 0 Å². The summed E-state index contributed by atoms with van der Waals surface area (Å²) in [6, 6.07) is 0. The van der Waals surface area contributed by atoms with Gasteiger partial charge in [0.05, 0.1) is 0 Å². The van der Waals surface area contributed by atoms with Crippen LogP contribution in [0.4, 0.5) is 0 Å². The van der Waals surface area contributed by atoms with Gasteiger partial charge in [-0.2, -0.15) is 0 Å². The van der Waals surface area contributed by atoms with Crippen LogP contribution in [0.2, 0.25) is 0 Å². The normalized spacial score (nSPS) is 14.2. The predicted molar refractivity (Wildman–Crippen MR) is 37.0 cm³/mol. The van der Waals surface area contributed by atoms with Crippen molar-refractivity contribution in [3.8, 4) is 0 Å². The molecule has 0 aromatic heterocycles. The van der Waals surface area contributed by atoms with Gasteiger partial charge in [0.2, 0.25) is 0 Å². The Kier molecular flexibility index (Phi) is 4.13. The molecule has 0 bridgehead atoms. The van der Waals surface area contributed by atoms with Crippen LogP contribution in [0.3, 0.4) is 0 Å². The highest BCUT2D eigenvalue weighted by atomic mass is 14.7. The first kappa shape index (κ1) is 7.34. The molecule has 0 spiro atoms. The Labute approximate surface area is 50.1 Å². The Hall–Kier alpha value is -0.660. The summed E-state index contributed by atoms with van der Waals surface area (Å²) in [4.78, 5) is 3.97. The summed E-state index contributed by atoms with van der Waals surface area (Å²) in [5.41, 5.74) is 0. The highest BCUT2D eigenvalue weighted by Crippen LogP contribution is 1.81. The molecule has 1 unspecified atom stereocenters. The number of rotatable bonds is 3. The summed E-state index contributed by atoms with van der Waals surface area (Å²) in [5, 5.41) is 6.77. The average Bonchev–Trinajstić information content (AvgIpc) is 1.83. The first-order valence-electron chi connectivity index (χ1n) is 2.81. The highest BCUT2D eigenvalue weighted by molar-refractivity contribution is 5.81. The van der Waals surface area contributed by atoms with E-state index < -0.39 is 0 Å². The van der Waals surface area contributed by atoms with Crippen molar-refractivity contribution in [1.82, 2.24) is 0 Å². The number of hydrogen-bond donors (Lipinski definition) is 1. The molecule has 0 aliphatic rings. The van der Waals surface area contributed by atoms with Gasteiger partial charge in [-0.05, 0) is 6.92 Å². The smallest absolute Gasteiger partial charge is 0.0357 e. The minimum absolute atomic E-state index is 0.204. The quantitative estimate of drug-likeness (QED) is 0.535. The monoisotopic (exact) mass is 112 g/mol. The number of nitrogens with one attached hydrogen (secondary N) is 1. The van der Waals surface area contributed by atoms with Crippen molar-refractivity contribution < 1.29 is 0 Å². The lowest BCUT2D eigenvalue weighted by Gasteiger charge is -1.90. The van der Waals surface area contributed by atoms with Crippen molar-refractivity contribution in [3.63, 3.8) is 0 Å². The van der Waals surface area contributed by atoms with E-state index >= 15 is 0 Å². The van der Waals surface area contributed by atoms with Crippen molar-refractivity contribution in [2.45, 2.75) is 13.8 Å². The molecule has 0 fully saturated rings. The maximum absolute atomic E-state index is 6.77. The minimum atomic E-state index is 0.204. The van der Waals surface area contributed by atoms with E-state index in [0.717, 1.165) is 6.54 Å². The Morgan fingerprint density at radius 2 is 2.38 bits per heavy atom. The SMILES string of the molecule is CCN=CC(C)C=N. The van der Waals surface area contributed by atoms with Crippen LogP contribution in [-0.4, -0.2) is 19.0 Å². The number of aliphatic imine (C=N–C) groups is 1. The van der Waals surface area contributed by atoms with Crippen molar-refractivity contribution in [3.05, 3.63) is 0 Å². The van der Waals surface area contributed by atoms with Crippen LogP contribution in [0.1, 0.15) is 13.8 Å². The summed E-state index contributed by atoms with van der Waals surface area (Å²) < 4.78 is 0. The molecule has 0 aromatic carbocycles. The van der Waals surface area contributed by atoms with Crippen molar-refractivity contribution >= 4 is 12.4 Å². The fourth-order valence-electron chi connectivity index (χ4n) is 0.315. The molecule has 1 N–H and O–H groups in total. The van der Waals surface area contributed by atoms with Crippen LogP contribution < -0.4 is 0 Å². The van der Waals surface area contributed by atoms with Crippen molar-refractivity contribution in [2.75, 3.05) is 6.54 Å². The Morgan fingerprint density at radius 1 is 1.75 bits per heavy atom. The van der Waals surface area contributed by atoms with Crippen LogP contribution in [0.15, 0.2) is 4.99 Å². The molecule has 0 rings (SSSR count). The number of hydrogen-bond acceptors (Lipinski definition) is 2. The first-order valence-corrected chi connectivity index (χ1v) is 2.81. The lowest BCUT2D eigenvalue weighted by Crippen LogP contribution is -1.95. The molecule has 0 saturated carbocycles. The topological polar surface area (TPSA) is 36.2 Å². The van der Waals surface area contributed by atoms with E-state index in [4.69, 9.17) is 5.41 Å². The molecule has 0 aliphatic heterocycles. The number of nitrogens with zero attached hydrogens (tertiary/aromatic N) is 1. The van der Waals surface area contributed by atoms with Gasteiger partial charge in [0.1, 0.15) is 0 Å². The fraction of sp³-hybridized carbons (Fsp3) is 0.667. The molecule has 2 nitrogen and oxygen atoms in total. The van der Waals surface area contributed by atoms with E-state index in [1.807, 2.05) is 13.8 Å². The molecular formula is C6H12N2. The Morgan fingerprint density at radius 3 is 2.75 bits per heavy atom. The third-order valence-electron chi connectivity index (χ3n) is 0.786. The zero-order valence-corrected chi connectivity index (χ0v) is 5.39. The summed E-state index contributed by atoms with van der Waals surface area (Å²) in [6.07, 6.45) is 3.16. The lowest BCUT2D eigenvalue weighted by molar-refractivity contribution is 1.06. The molecule has 0 heterocycles. The fourth-order valence-corrected chi connectivity index (χ4v) is 0.315. The summed E-state index contributed by atoms with van der Waals surface area (Å²) in [7, 11) is 0. The summed E-state index contributed by atoms with van der Waals surface area (Å²) in [5.74, 6) is 0.204. The van der Waals surface area contributed by atoms with E-state index in [0.29, 0.717) is 0 Å². The summed E-state index contributed by atoms with van der Waals surface area (Å²) in [6.45, 7) is 4.73. The van der Waals surface area contributed by atoms with E-state index in [-0.39, 0.29) is 5.92 Å². The van der Waals surface area contributed by atoms with E-state index in [2.05, 4.69) is 4.99 Å². The van der Waals surface area contributed by atoms with Crippen molar-refractivity contribution in [2.24, 2.45) is 10.9 Å². The zero-order chi connectivity index (χ0) is 6.41. The molecular weight excluding hydrogens is 100 g/mol. The first-order chi connectivity index (χ1) is 3.81. The molecule has 0 saturated heterocycles. The van der Waals surface area contributed by atoms with Gasteiger partial charge in [-0.3, -0.25) is 4.99 Å². The van der Waals surface area contributed by atoms with Crippen LogP contribution in [0, 0.1) is 11.3 Å². The third kappa shape index (κ3) is 3.53. The maximum Gasteiger partial charge on any atom is 0.0357 e. The molecule has 0 aromatic rings. The van der Waals surface area contributed by atoms with Crippen LogP contribution >= 0.6 is 0 Å². The van der Waals surface area contributed by atoms with Gasteiger partial charge in [0.15, 0.2) is 0 Å². The highest BCUT2D eigenvalue weighted by Gasteiger charge is 1.85. The van der Waals surface area contributed by atoms with E-state index in [1.165, 1.54) is 6.21 Å². The van der Waals surface area contributed by atoms with Gasteiger partial charge in [0, 0.05) is 24.9 Å². The zero-order valence-electron chi connectivity index (χ0n) is 5.39. The standard InChI is InChI=1S/C6H12N2/c1-3-8-5-6(2)4-7/h4-7H,3H2,1-2H3. The van der Waals surface area contributed by atoms with Gasteiger partial charge in [-0.1, -0.05) is 6.92 Å². The average molecular weight is 112 g/mol. The van der Waals surface area contributed by atoms with E-state index in [1.54, 1.807) is 6.21 Å². The summed E-state index contributed by atoms with van der Waals surface area (Å²) >= 11 is 0. The second-order valence-electron chi connectivity index (χ2n) is 1.67. The Balaban J connectivity index is 3.35. The molecule has 0 amide bonds. The van der Waals surface area contributed by atoms with Crippen LogP contribution in [0.5, 0.6) is 0 Å². The molecule has 46 valence electrons. The largest absolute Gasteiger partial charge is 0.312 e. The van der Waals surface area contributed by atoms with Gasteiger partial charge < -0.3 is 5.41 Å². The van der Waals surface area contributed by atoms with E-state index in [9.17, 15) is 0 Å². The van der Waals surface area contributed by atoms with Gasteiger partial charge >= 0.3 is 0 Å². The van der Waals surface area contributed by atoms with Crippen LogP contribution in [0.25, 0.3) is 0 Å². The molecule has 0 aliphatic carbocycles. The second-order valence-corrected chi connectivity index (χ2v) is 1.67. The molecule has 8 heavy (non-hydrogen) atoms. The van der Waals surface area contributed by atoms with Gasteiger partial charge in [-0.25, -0.2) is 0 Å². The second kappa shape index (κ2) is 4.50. The Bertz CT molecular complexity index is 86.5. The van der Waals surface area contributed by atoms with Gasteiger partial charge in [0.25, 0.3) is 0 Å².